The van der Waals surface area contributed by atoms with Gasteiger partial charge in [-0.25, -0.2) is 0 Å². The van der Waals surface area contributed by atoms with Crippen molar-refractivity contribution in [3.8, 4) is 11.4 Å². The number of rotatable bonds is 3. The summed E-state index contributed by atoms with van der Waals surface area (Å²) in [5, 5.41) is 11.6. The molecule has 1 saturated carbocycles. The molecule has 0 radical (unpaired) electrons. The van der Waals surface area contributed by atoms with Gasteiger partial charge in [-0.3, -0.25) is 0 Å². The fourth-order valence-electron chi connectivity index (χ4n) is 2.86. The molecule has 0 bridgehead atoms. The lowest BCUT2D eigenvalue weighted by atomic mass is 9.95. The molecule has 1 fully saturated rings. The molecule has 3 rings (SSSR count). The molecule has 19 heavy (non-hydrogen) atoms. The molecule has 0 atom stereocenters. The molecule has 0 unspecified atom stereocenters. The maximum atomic E-state index is 4.31. The summed E-state index contributed by atoms with van der Waals surface area (Å²) < 4.78 is 2.26. The smallest absolute Gasteiger partial charge is 0.164 e. The minimum absolute atomic E-state index is 0.572. The van der Waals surface area contributed by atoms with Crippen LogP contribution in [0.2, 0.25) is 0 Å². The minimum atomic E-state index is 0.572. The van der Waals surface area contributed by atoms with Crippen LogP contribution in [0, 0.1) is 0 Å². The molecule has 1 heterocycles. The average Bonchev–Trinajstić information content (AvgIpc) is 2.98. The van der Waals surface area contributed by atoms with Crippen LogP contribution in [0.15, 0.2) is 30.6 Å². The first-order valence-electron chi connectivity index (χ1n) is 7.06. The van der Waals surface area contributed by atoms with Crippen LogP contribution in [0.5, 0.6) is 0 Å². The van der Waals surface area contributed by atoms with Gasteiger partial charge in [0.05, 0.1) is 0 Å². The van der Waals surface area contributed by atoms with Crippen LogP contribution >= 0.6 is 0 Å². The Hall–Kier alpha value is -1.84. The molecule has 1 aromatic heterocycles. The van der Waals surface area contributed by atoms with E-state index >= 15 is 0 Å². The molecule has 100 valence electrons. The second-order valence-electron chi connectivity index (χ2n) is 5.18. The van der Waals surface area contributed by atoms with Gasteiger partial charge in [0.1, 0.15) is 6.33 Å². The van der Waals surface area contributed by atoms with Gasteiger partial charge in [0.2, 0.25) is 0 Å². The van der Waals surface area contributed by atoms with Crippen LogP contribution in [-0.2, 0) is 0 Å². The zero-order chi connectivity index (χ0) is 13.1. The second kappa shape index (κ2) is 5.43. The Morgan fingerprint density at radius 2 is 1.84 bits per heavy atom. The molecule has 0 amide bonds. The maximum absolute atomic E-state index is 4.31. The predicted octanol–water partition coefficient (Wildman–Crippen LogP) is 3.49. The summed E-state index contributed by atoms with van der Waals surface area (Å²) in [7, 11) is 1.93. The zero-order valence-electron chi connectivity index (χ0n) is 11.3. The van der Waals surface area contributed by atoms with E-state index in [4.69, 9.17) is 0 Å². The van der Waals surface area contributed by atoms with Gasteiger partial charge < -0.3 is 9.88 Å². The standard InChI is InChI=1S/C15H20N4/c1-16-13-9-7-12(8-10-13)15-18-17-11-19(15)14-5-3-2-4-6-14/h7-11,14,16H,2-6H2,1H3. The number of nitrogens with zero attached hydrogens (tertiary/aromatic N) is 3. The third-order valence-corrected chi connectivity index (χ3v) is 3.97. The van der Waals surface area contributed by atoms with Crippen molar-refractivity contribution in [1.29, 1.82) is 0 Å². The maximum Gasteiger partial charge on any atom is 0.164 e. The molecule has 0 saturated heterocycles. The summed E-state index contributed by atoms with van der Waals surface area (Å²) >= 11 is 0. The van der Waals surface area contributed by atoms with Crippen LogP contribution < -0.4 is 5.32 Å². The predicted molar refractivity (Wildman–Crippen MR) is 77.1 cm³/mol. The van der Waals surface area contributed by atoms with Gasteiger partial charge in [0, 0.05) is 24.3 Å². The number of hydrogen-bond donors (Lipinski definition) is 1. The molecule has 0 aliphatic heterocycles. The van der Waals surface area contributed by atoms with Crippen molar-refractivity contribution in [3.63, 3.8) is 0 Å². The van der Waals surface area contributed by atoms with E-state index in [1.807, 2.05) is 13.4 Å². The second-order valence-corrected chi connectivity index (χ2v) is 5.18. The van der Waals surface area contributed by atoms with Crippen molar-refractivity contribution in [3.05, 3.63) is 30.6 Å². The highest BCUT2D eigenvalue weighted by atomic mass is 15.3. The summed E-state index contributed by atoms with van der Waals surface area (Å²) in [5.41, 5.74) is 2.26. The lowest BCUT2D eigenvalue weighted by molar-refractivity contribution is 0.355. The van der Waals surface area contributed by atoms with Gasteiger partial charge in [-0.1, -0.05) is 19.3 Å². The molecule has 1 N–H and O–H groups in total. The Morgan fingerprint density at radius 3 is 2.53 bits per heavy atom. The molecule has 4 heteroatoms. The van der Waals surface area contributed by atoms with Gasteiger partial charge in [-0.15, -0.1) is 10.2 Å². The van der Waals surface area contributed by atoms with E-state index in [1.54, 1.807) is 0 Å². The molecule has 1 aliphatic carbocycles. The van der Waals surface area contributed by atoms with Crippen molar-refractivity contribution in [2.45, 2.75) is 38.1 Å². The average molecular weight is 256 g/mol. The van der Waals surface area contributed by atoms with E-state index in [-0.39, 0.29) is 0 Å². The van der Waals surface area contributed by atoms with Crippen LogP contribution in [0.3, 0.4) is 0 Å². The summed E-state index contributed by atoms with van der Waals surface area (Å²) in [5.74, 6) is 0.995. The van der Waals surface area contributed by atoms with E-state index in [9.17, 15) is 0 Å². The Balaban J connectivity index is 1.89. The lowest BCUT2D eigenvalue weighted by Gasteiger charge is -2.24. The van der Waals surface area contributed by atoms with Gasteiger partial charge in [-0.05, 0) is 37.1 Å². The zero-order valence-corrected chi connectivity index (χ0v) is 11.3. The molecule has 2 aromatic rings. The first kappa shape index (κ1) is 12.2. The van der Waals surface area contributed by atoms with E-state index in [0.717, 1.165) is 17.1 Å². The quantitative estimate of drug-likeness (QED) is 0.914. The van der Waals surface area contributed by atoms with Crippen molar-refractivity contribution in [2.75, 3.05) is 12.4 Å². The highest BCUT2D eigenvalue weighted by molar-refractivity contribution is 5.59. The molecule has 1 aromatic carbocycles. The first-order chi connectivity index (χ1) is 9.38. The van der Waals surface area contributed by atoms with Gasteiger partial charge in [0.25, 0.3) is 0 Å². The van der Waals surface area contributed by atoms with Crippen LogP contribution in [0.1, 0.15) is 38.1 Å². The molecule has 0 spiro atoms. The molecule has 4 nitrogen and oxygen atoms in total. The Kier molecular flexibility index (Phi) is 3.49. The van der Waals surface area contributed by atoms with E-state index < -0.39 is 0 Å². The number of anilines is 1. The summed E-state index contributed by atoms with van der Waals surface area (Å²) in [6, 6.07) is 8.94. The summed E-state index contributed by atoms with van der Waals surface area (Å²) in [4.78, 5) is 0. The number of benzene rings is 1. The third-order valence-electron chi connectivity index (χ3n) is 3.97. The Labute approximate surface area is 113 Å². The van der Waals surface area contributed by atoms with Crippen LogP contribution in [0.25, 0.3) is 11.4 Å². The Morgan fingerprint density at radius 1 is 1.11 bits per heavy atom. The molecular weight excluding hydrogens is 236 g/mol. The largest absolute Gasteiger partial charge is 0.388 e. The number of hydrogen-bond acceptors (Lipinski definition) is 3. The fourth-order valence-corrected chi connectivity index (χ4v) is 2.86. The fraction of sp³-hybridized carbons (Fsp3) is 0.467. The van der Waals surface area contributed by atoms with Gasteiger partial charge >= 0.3 is 0 Å². The monoisotopic (exact) mass is 256 g/mol. The Bertz CT molecular complexity index is 523. The van der Waals surface area contributed by atoms with Gasteiger partial charge in [0.15, 0.2) is 5.82 Å². The van der Waals surface area contributed by atoms with E-state index in [2.05, 4.69) is 44.3 Å². The van der Waals surface area contributed by atoms with E-state index in [1.165, 1.54) is 32.1 Å². The summed E-state index contributed by atoms with van der Waals surface area (Å²) in [6.07, 6.45) is 8.39. The topological polar surface area (TPSA) is 42.7 Å². The van der Waals surface area contributed by atoms with Crippen molar-refractivity contribution in [2.24, 2.45) is 0 Å². The first-order valence-corrected chi connectivity index (χ1v) is 7.06. The highest BCUT2D eigenvalue weighted by Crippen LogP contribution is 2.31. The van der Waals surface area contributed by atoms with Crippen LogP contribution in [-0.4, -0.2) is 21.8 Å². The molecular formula is C15H20N4. The number of aromatic nitrogens is 3. The number of nitrogens with one attached hydrogen (secondary N) is 1. The lowest BCUT2D eigenvalue weighted by Crippen LogP contribution is -2.13. The minimum Gasteiger partial charge on any atom is -0.388 e. The highest BCUT2D eigenvalue weighted by Gasteiger charge is 2.19. The van der Waals surface area contributed by atoms with Gasteiger partial charge in [-0.2, -0.15) is 0 Å². The summed E-state index contributed by atoms with van der Waals surface area (Å²) in [6.45, 7) is 0. The normalized spacial score (nSPS) is 16.5. The van der Waals surface area contributed by atoms with Crippen molar-refractivity contribution >= 4 is 5.69 Å². The third kappa shape index (κ3) is 2.48. The van der Waals surface area contributed by atoms with Crippen molar-refractivity contribution in [1.82, 2.24) is 14.8 Å². The van der Waals surface area contributed by atoms with E-state index in [0.29, 0.717) is 6.04 Å². The van der Waals surface area contributed by atoms with Crippen molar-refractivity contribution < 1.29 is 0 Å². The SMILES string of the molecule is CNc1ccc(-c2nncn2C2CCCCC2)cc1. The van der Waals surface area contributed by atoms with Crippen LogP contribution in [0.4, 0.5) is 5.69 Å². The molecule has 1 aliphatic rings.